The van der Waals surface area contributed by atoms with Gasteiger partial charge in [-0.25, -0.2) is 4.39 Å². The van der Waals surface area contributed by atoms with Gasteiger partial charge in [0.1, 0.15) is 5.82 Å². The van der Waals surface area contributed by atoms with Gasteiger partial charge >= 0.3 is 0 Å². The van der Waals surface area contributed by atoms with E-state index in [0.717, 1.165) is 16.6 Å². The third kappa shape index (κ3) is 2.47. The summed E-state index contributed by atoms with van der Waals surface area (Å²) in [5, 5.41) is 16.0. The lowest BCUT2D eigenvalue weighted by Crippen LogP contribution is -2.01. The number of aromatic nitrogens is 1. The van der Waals surface area contributed by atoms with Crippen molar-refractivity contribution in [3.8, 4) is 0 Å². The fraction of sp³-hybridized carbons (Fsp3) is 0.200. The van der Waals surface area contributed by atoms with Gasteiger partial charge in [0.05, 0.1) is 11.2 Å². The lowest BCUT2D eigenvalue weighted by molar-refractivity contribution is 0.628. The molecule has 0 amide bonds. The number of allylic oxidation sites excluding steroid dienone is 2. The Morgan fingerprint density at radius 3 is 2.68 bits per heavy atom. The molecule has 1 aromatic heterocycles. The van der Waals surface area contributed by atoms with Crippen LogP contribution in [0.5, 0.6) is 0 Å². The van der Waals surface area contributed by atoms with Crippen LogP contribution < -0.4 is 0 Å². The second-order valence-electron chi connectivity index (χ2n) is 4.40. The molecule has 0 unspecified atom stereocenters. The molecule has 0 fully saturated rings. The maximum absolute atomic E-state index is 13.3. The van der Waals surface area contributed by atoms with E-state index in [9.17, 15) is 4.39 Å². The Hall–Kier alpha value is -2.23. The smallest absolute Gasteiger partial charge is 0.125 e. The summed E-state index contributed by atoms with van der Waals surface area (Å²) in [5.74, 6) is -0.268. The summed E-state index contributed by atoms with van der Waals surface area (Å²) in [5.41, 5.74) is 2.70. The topological polar surface area (TPSA) is 52.6 Å². The normalized spacial score (nSPS) is 11.8. The molecular weight excluding hydrogens is 241 g/mol. The number of hydrogen-bond donors (Lipinski definition) is 2. The van der Waals surface area contributed by atoms with Gasteiger partial charge in [0.2, 0.25) is 0 Å². The largest absolute Gasteiger partial charge is 0.341 e. The van der Waals surface area contributed by atoms with Crippen molar-refractivity contribution in [2.24, 2.45) is 0 Å². The van der Waals surface area contributed by atoms with E-state index in [1.807, 2.05) is 17.6 Å². The first-order valence-electron chi connectivity index (χ1n) is 6.13. The van der Waals surface area contributed by atoms with Gasteiger partial charge in [-0.05, 0) is 44.2 Å². The van der Waals surface area contributed by atoms with Crippen LogP contribution in [0.15, 0.2) is 30.3 Å². The van der Waals surface area contributed by atoms with E-state index in [0.29, 0.717) is 17.8 Å². The average molecular weight is 257 g/mol. The molecule has 0 aliphatic rings. The monoisotopic (exact) mass is 257 g/mol. The minimum Gasteiger partial charge on any atom is -0.341 e. The van der Waals surface area contributed by atoms with Crippen LogP contribution in [-0.4, -0.2) is 16.5 Å². The lowest BCUT2D eigenvalue weighted by Gasteiger charge is -2.08. The summed E-state index contributed by atoms with van der Waals surface area (Å²) in [7, 11) is 0. The van der Waals surface area contributed by atoms with Crippen molar-refractivity contribution in [2.75, 3.05) is 0 Å². The number of nitrogens with one attached hydrogen (secondary N) is 2. The van der Waals surface area contributed by atoms with Crippen molar-refractivity contribution in [2.45, 2.75) is 20.4 Å². The summed E-state index contributed by atoms with van der Waals surface area (Å²) in [6.07, 6.45) is 2.87. The van der Waals surface area contributed by atoms with Gasteiger partial charge in [0.25, 0.3) is 0 Å². The van der Waals surface area contributed by atoms with Crippen LogP contribution in [0.4, 0.5) is 4.39 Å². The van der Waals surface area contributed by atoms with Crippen molar-refractivity contribution in [1.82, 2.24) is 4.57 Å². The summed E-state index contributed by atoms with van der Waals surface area (Å²) in [6.45, 7) is 4.33. The van der Waals surface area contributed by atoms with Gasteiger partial charge < -0.3 is 15.4 Å². The Bertz CT molecular complexity index is 680. The molecule has 2 rings (SSSR count). The number of halogens is 1. The zero-order valence-corrected chi connectivity index (χ0v) is 11.0. The van der Waals surface area contributed by atoms with Gasteiger partial charge in [-0.3, -0.25) is 0 Å². The van der Waals surface area contributed by atoms with Gasteiger partial charge in [-0.1, -0.05) is 0 Å². The Morgan fingerprint density at radius 2 is 2.11 bits per heavy atom. The van der Waals surface area contributed by atoms with Crippen LogP contribution in [0.2, 0.25) is 0 Å². The fourth-order valence-electron chi connectivity index (χ4n) is 2.23. The zero-order chi connectivity index (χ0) is 14.0. The van der Waals surface area contributed by atoms with Crippen LogP contribution in [0.25, 0.3) is 16.5 Å². The van der Waals surface area contributed by atoms with Crippen molar-refractivity contribution in [1.29, 1.82) is 10.8 Å². The summed E-state index contributed by atoms with van der Waals surface area (Å²) in [4.78, 5) is 0. The van der Waals surface area contributed by atoms with Gasteiger partial charge in [-0.15, -0.1) is 0 Å². The van der Waals surface area contributed by atoms with Gasteiger partial charge in [0.15, 0.2) is 0 Å². The van der Waals surface area contributed by atoms with Crippen molar-refractivity contribution >= 4 is 28.4 Å². The van der Waals surface area contributed by atoms with Gasteiger partial charge in [-0.2, -0.15) is 0 Å². The minimum atomic E-state index is -0.268. The molecule has 2 N–H and O–H groups in total. The predicted octanol–water partition coefficient (Wildman–Crippen LogP) is 3.87. The second-order valence-corrected chi connectivity index (χ2v) is 4.40. The predicted molar refractivity (Wildman–Crippen MR) is 77.7 cm³/mol. The Morgan fingerprint density at radius 1 is 1.37 bits per heavy atom. The number of nitrogens with zero attached hydrogens (tertiary/aromatic N) is 1. The van der Waals surface area contributed by atoms with E-state index in [1.165, 1.54) is 18.3 Å². The highest BCUT2D eigenvalue weighted by Crippen LogP contribution is 2.25. The minimum absolute atomic E-state index is 0.268. The number of rotatable bonds is 4. The van der Waals surface area contributed by atoms with E-state index in [-0.39, 0.29) is 5.82 Å². The van der Waals surface area contributed by atoms with Crippen LogP contribution >= 0.6 is 0 Å². The number of hydrogen-bond acceptors (Lipinski definition) is 2. The lowest BCUT2D eigenvalue weighted by atomic mass is 10.1. The third-order valence-electron chi connectivity index (χ3n) is 3.01. The highest BCUT2D eigenvalue weighted by Gasteiger charge is 2.11. The van der Waals surface area contributed by atoms with Gasteiger partial charge in [0, 0.05) is 29.4 Å². The summed E-state index contributed by atoms with van der Waals surface area (Å²) >= 11 is 0. The molecule has 2 aromatic rings. The van der Waals surface area contributed by atoms with Crippen LogP contribution in [0, 0.1) is 16.6 Å². The van der Waals surface area contributed by atoms with Crippen LogP contribution in [0.1, 0.15) is 19.5 Å². The standard InChI is InChI=1S/C15H16FN3/c1-3-19-14(12(9-17)6-10(2)18)7-11-4-5-13(16)8-15(11)19/h4-9,17-18H,3H2,1-2H3/b12-6+,17-9?,18-10?. The molecule has 1 aromatic carbocycles. The SMILES string of the molecule is CCn1c(/C(C=N)=C/C(C)=N)cc2ccc(F)cc21. The van der Waals surface area contributed by atoms with E-state index in [2.05, 4.69) is 0 Å². The number of aryl methyl sites for hydroxylation is 1. The molecule has 0 radical (unpaired) electrons. The van der Waals surface area contributed by atoms with Crippen molar-refractivity contribution < 1.29 is 4.39 Å². The molecule has 98 valence electrons. The van der Waals surface area contributed by atoms with E-state index >= 15 is 0 Å². The zero-order valence-electron chi connectivity index (χ0n) is 11.0. The highest BCUT2D eigenvalue weighted by molar-refractivity contribution is 6.15. The van der Waals surface area contributed by atoms with Crippen molar-refractivity contribution in [3.63, 3.8) is 0 Å². The quantitative estimate of drug-likeness (QED) is 0.781. The summed E-state index contributed by atoms with van der Waals surface area (Å²) in [6, 6.07) is 6.60. The van der Waals surface area contributed by atoms with Crippen LogP contribution in [0.3, 0.4) is 0 Å². The number of fused-ring (bicyclic) bond motifs is 1. The molecule has 3 nitrogen and oxygen atoms in total. The fourth-order valence-corrected chi connectivity index (χ4v) is 2.23. The Labute approximate surface area is 111 Å². The van der Waals surface area contributed by atoms with E-state index < -0.39 is 0 Å². The Balaban J connectivity index is 2.72. The molecule has 0 saturated heterocycles. The second kappa shape index (κ2) is 5.18. The maximum Gasteiger partial charge on any atom is 0.125 e. The summed E-state index contributed by atoms with van der Waals surface area (Å²) < 4.78 is 15.3. The first-order chi connectivity index (χ1) is 9.06. The molecule has 1 heterocycles. The van der Waals surface area contributed by atoms with E-state index in [1.54, 1.807) is 19.1 Å². The maximum atomic E-state index is 13.3. The molecule has 0 spiro atoms. The highest BCUT2D eigenvalue weighted by atomic mass is 19.1. The molecule has 0 bridgehead atoms. The first-order valence-corrected chi connectivity index (χ1v) is 6.13. The molecule has 0 saturated carbocycles. The molecule has 4 heteroatoms. The number of benzene rings is 1. The third-order valence-corrected chi connectivity index (χ3v) is 3.01. The average Bonchev–Trinajstić information content (AvgIpc) is 2.73. The Kier molecular flexibility index (Phi) is 3.60. The van der Waals surface area contributed by atoms with E-state index in [4.69, 9.17) is 10.8 Å². The first kappa shape index (κ1) is 13.2. The van der Waals surface area contributed by atoms with Crippen LogP contribution in [-0.2, 0) is 6.54 Å². The molecule has 19 heavy (non-hydrogen) atoms. The molecule has 0 aliphatic carbocycles. The van der Waals surface area contributed by atoms with Crippen molar-refractivity contribution in [3.05, 3.63) is 41.9 Å². The molecular formula is C15H16FN3. The molecule has 0 aliphatic heterocycles. The molecule has 0 atom stereocenters.